The molecule has 0 bridgehead atoms. The molecule has 0 aliphatic rings. The van der Waals surface area contributed by atoms with E-state index in [0.717, 1.165) is 23.1 Å². The van der Waals surface area contributed by atoms with Gasteiger partial charge in [0.05, 0.1) is 13.5 Å². The number of ether oxygens (including phenoxy) is 1. The molecule has 3 nitrogen and oxygen atoms in total. The first-order valence-corrected chi connectivity index (χ1v) is 4.96. The molecule has 0 amide bonds. The van der Waals surface area contributed by atoms with Crippen molar-refractivity contribution in [2.45, 2.75) is 26.7 Å². The Bertz CT molecular complexity index is 369. The summed E-state index contributed by atoms with van der Waals surface area (Å²) in [5.41, 5.74) is 2.89. The number of methoxy groups -OCH3 is 1. The molecule has 1 aromatic rings. The summed E-state index contributed by atoms with van der Waals surface area (Å²) >= 11 is 0. The number of carboxylic acid groups (broad SMARTS) is 1. The summed E-state index contributed by atoms with van der Waals surface area (Å²) in [7, 11) is 1.58. The Hall–Kier alpha value is -1.51. The molecule has 0 aromatic heterocycles. The summed E-state index contributed by atoms with van der Waals surface area (Å²) in [6.07, 6.45) is 0.856. The van der Waals surface area contributed by atoms with Gasteiger partial charge in [0.25, 0.3) is 0 Å². The summed E-state index contributed by atoms with van der Waals surface area (Å²) in [5, 5.41) is 8.79. The van der Waals surface area contributed by atoms with E-state index in [1.54, 1.807) is 7.11 Å². The van der Waals surface area contributed by atoms with Crippen LogP contribution in [0, 0.1) is 6.92 Å². The van der Waals surface area contributed by atoms with Crippen LogP contribution in [0.15, 0.2) is 12.1 Å². The van der Waals surface area contributed by atoms with Crippen molar-refractivity contribution >= 4 is 5.97 Å². The highest BCUT2D eigenvalue weighted by atomic mass is 16.5. The molecule has 0 heterocycles. The Morgan fingerprint density at radius 2 is 2.00 bits per heavy atom. The van der Waals surface area contributed by atoms with Gasteiger partial charge in [0, 0.05) is 5.56 Å². The molecule has 0 aliphatic heterocycles. The van der Waals surface area contributed by atoms with Crippen LogP contribution in [0.2, 0.25) is 0 Å². The zero-order chi connectivity index (χ0) is 11.4. The number of hydrogen-bond donors (Lipinski definition) is 1. The fourth-order valence-corrected chi connectivity index (χ4v) is 1.75. The zero-order valence-electron chi connectivity index (χ0n) is 9.33. The molecule has 1 N–H and O–H groups in total. The van der Waals surface area contributed by atoms with E-state index in [9.17, 15) is 4.79 Å². The van der Waals surface area contributed by atoms with Gasteiger partial charge in [-0.1, -0.05) is 24.6 Å². The molecule has 0 fully saturated rings. The number of carboxylic acids is 1. The standard InChI is InChI=1S/C12H16O3/c1-4-9-5-8(2)6-10(7-11(13)14)12(9)15-3/h5-6H,4,7H2,1-3H3,(H,13,14). The molecule has 0 aliphatic carbocycles. The molecular formula is C12H16O3. The molecule has 0 saturated heterocycles. The quantitative estimate of drug-likeness (QED) is 0.825. The van der Waals surface area contributed by atoms with Crippen molar-refractivity contribution in [3.05, 3.63) is 28.8 Å². The van der Waals surface area contributed by atoms with Crippen LogP contribution in [-0.4, -0.2) is 18.2 Å². The minimum atomic E-state index is -0.832. The third-order valence-corrected chi connectivity index (χ3v) is 2.31. The summed E-state index contributed by atoms with van der Waals surface area (Å²) in [6, 6.07) is 3.90. The smallest absolute Gasteiger partial charge is 0.307 e. The average Bonchev–Trinajstić information content (AvgIpc) is 2.15. The number of hydrogen-bond acceptors (Lipinski definition) is 2. The molecule has 3 heteroatoms. The minimum Gasteiger partial charge on any atom is -0.496 e. The molecule has 0 unspecified atom stereocenters. The van der Waals surface area contributed by atoms with E-state index in [-0.39, 0.29) is 6.42 Å². The van der Waals surface area contributed by atoms with E-state index < -0.39 is 5.97 Å². The van der Waals surface area contributed by atoms with E-state index in [1.165, 1.54) is 0 Å². The van der Waals surface area contributed by atoms with Gasteiger partial charge in [-0.15, -0.1) is 0 Å². The molecule has 0 atom stereocenters. The Morgan fingerprint density at radius 3 is 2.47 bits per heavy atom. The largest absolute Gasteiger partial charge is 0.496 e. The Morgan fingerprint density at radius 1 is 1.40 bits per heavy atom. The van der Waals surface area contributed by atoms with Crippen molar-refractivity contribution < 1.29 is 14.6 Å². The van der Waals surface area contributed by atoms with Gasteiger partial charge in [0.1, 0.15) is 5.75 Å². The van der Waals surface area contributed by atoms with Gasteiger partial charge in [-0.2, -0.15) is 0 Å². The topological polar surface area (TPSA) is 46.5 Å². The van der Waals surface area contributed by atoms with Gasteiger partial charge in [-0.25, -0.2) is 0 Å². The molecular weight excluding hydrogens is 192 g/mol. The number of benzene rings is 1. The Labute approximate surface area is 89.7 Å². The second-order valence-corrected chi connectivity index (χ2v) is 3.54. The summed E-state index contributed by atoms with van der Waals surface area (Å²) in [5.74, 6) is -0.119. The maximum Gasteiger partial charge on any atom is 0.307 e. The second-order valence-electron chi connectivity index (χ2n) is 3.54. The maximum atomic E-state index is 10.7. The summed E-state index contributed by atoms with van der Waals surface area (Å²) in [4.78, 5) is 10.7. The van der Waals surface area contributed by atoms with Gasteiger partial charge in [0.15, 0.2) is 0 Å². The fraction of sp³-hybridized carbons (Fsp3) is 0.417. The lowest BCUT2D eigenvalue weighted by Gasteiger charge is -2.12. The first-order chi connectivity index (χ1) is 7.08. The van der Waals surface area contributed by atoms with Crippen molar-refractivity contribution in [2.75, 3.05) is 7.11 Å². The Balaban J connectivity index is 3.22. The van der Waals surface area contributed by atoms with Crippen LogP contribution in [0.25, 0.3) is 0 Å². The zero-order valence-corrected chi connectivity index (χ0v) is 9.33. The van der Waals surface area contributed by atoms with Crippen molar-refractivity contribution in [3.63, 3.8) is 0 Å². The van der Waals surface area contributed by atoms with Crippen molar-refractivity contribution in [1.29, 1.82) is 0 Å². The molecule has 0 saturated carbocycles. The van der Waals surface area contributed by atoms with E-state index in [0.29, 0.717) is 5.75 Å². The van der Waals surface area contributed by atoms with Crippen LogP contribution >= 0.6 is 0 Å². The molecule has 15 heavy (non-hydrogen) atoms. The highest BCUT2D eigenvalue weighted by molar-refractivity contribution is 5.72. The van der Waals surface area contributed by atoms with Gasteiger partial charge in [0.2, 0.25) is 0 Å². The average molecular weight is 208 g/mol. The van der Waals surface area contributed by atoms with Crippen LogP contribution in [0.5, 0.6) is 5.75 Å². The summed E-state index contributed by atoms with van der Waals surface area (Å²) < 4.78 is 5.26. The molecule has 0 spiro atoms. The minimum absolute atomic E-state index is 0.0118. The predicted molar refractivity (Wildman–Crippen MR) is 58.4 cm³/mol. The van der Waals surface area contributed by atoms with E-state index >= 15 is 0 Å². The van der Waals surface area contributed by atoms with Crippen LogP contribution in [0.1, 0.15) is 23.6 Å². The molecule has 0 radical (unpaired) electrons. The number of rotatable bonds is 4. The van der Waals surface area contributed by atoms with Crippen LogP contribution in [0.4, 0.5) is 0 Å². The summed E-state index contributed by atoms with van der Waals surface area (Å²) in [6.45, 7) is 3.99. The number of carbonyl (C=O) groups is 1. The van der Waals surface area contributed by atoms with E-state index in [2.05, 4.69) is 0 Å². The molecule has 1 rings (SSSR count). The number of aryl methyl sites for hydroxylation is 2. The second kappa shape index (κ2) is 4.82. The Kier molecular flexibility index (Phi) is 3.72. The highest BCUT2D eigenvalue weighted by Gasteiger charge is 2.11. The SMILES string of the molecule is CCc1cc(C)cc(CC(=O)O)c1OC. The lowest BCUT2D eigenvalue weighted by Crippen LogP contribution is -2.04. The van der Waals surface area contributed by atoms with Gasteiger partial charge < -0.3 is 9.84 Å². The lowest BCUT2D eigenvalue weighted by molar-refractivity contribution is -0.136. The van der Waals surface area contributed by atoms with Crippen molar-refractivity contribution in [2.24, 2.45) is 0 Å². The van der Waals surface area contributed by atoms with Gasteiger partial charge in [-0.3, -0.25) is 4.79 Å². The molecule has 1 aromatic carbocycles. The monoisotopic (exact) mass is 208 g/mol. The van der Waals surface area contributed by atoms with Crippen molar-refractivity contribution in [1.82, 2.24) is 0 Å². The fourth-order valence-electron chi connectivity index (χ4n) is 1.75. The van der Waals surface area contributed by atoms with Crippen LogP contribution in [0.3, 0.4) is 0 Å². The third kappa shape index (κ3) is 2.72. The first-order valence-electron chi connectivity index (χ1n) is 4.96. The van der Waals surface area contributed by atoms with Crippen LogP contribution in [-0.2, 0) is 17.6 Å². The molecule has 82 valence electrons. The maximum absolute atomic E-state index is 10.7. The van der Waals surface area contributed by atoms with E-state index in [4.69, 9.17) is 9.84 Å². The van der Waals surface area contributed by atoms with E-state index in [1.807, 2.05) is 26.0 Å². The number of aliphatic carboxylic acids is 1. The normalized spacial score (nSPS) is 10.1. The van der Waals surface area contributed by atoms with Crippen LogP contribution < -0.4 is 4.74 Å². The first kappa shape index (κ1) is 11.6. The van der Waals surface area contributed by atoms with Crippen molar-refractivity contribution in [3.8, 4) is 5.75 Å². The van der Waals surface area contributed by atoms with Gasteiger partial charge >= 0.3 is 5.97 Å². The third-order valence-electron chi connectivity index (χ3n) is 2.31. The van der Waals surface area contributed by atoms with Gasteiger partial charge in [-0.05, 0) is 18.9 Å². The highest BCUT2D eigenvalue weighted by Crippen LogP contribution is 2.26. The lowest BCUT2D eigenvalue weighted by atomic mass is 10.0. The predicted octanol–water partition coefficient (Wildman–Crippen LogP) is 2.19.